The highest BCUT2D eigenvalue weighted by Crippen LogP contribution is 2.28. The summed E-state index contributed by atoms with van der Waals surface area (Å²) in [6.07, 6.45) is -6.36. The third-order valence-corrected chi connectivity index (χ3v) is 3.44. The fourth-order valence-electron chi connectivity index (χ4n) is 2.09. The van der Waals surface area contributed by atoms with E-state index in [1.54, 1.807) is 0 Å². The molecule has 6 nitrogen and oxygen atoms in total. The summed E-state index contributed by atoms with van der Waals surface area (Å²) in [5.41, 5.74) is 0.521. The molecule has 0 spiro atoms. The second-order valence-electron chi connectivity index (χ2n) is 5.43. The summed E-state index contributed by atoms with van der Waals surface area (Å²) in [6, 6.07) is 2.79. The predicted molar refractivity (Wildman–Crippen MR) is 87.2 cm³/mol. The van der Waals surface area contributed by atoms with Crippen molar-refractivity contribution in [2.24, 2.45) is 4.99 Å². The minimum atomic E-state index is -4.68. The Balaban J connectivity index is 2.40. The van der Waals surface area contributed by atoms with E-state index < -0.39 is 36.4 Å². The number of alkyl halides is 5. The number of ether oxygens (including phenoxy) is 2. The van der Waals surface area contributed by atoms with Crippen LogP contribution in [0.2, 0.25) is 0 Å². The second kappa shape index (κ2) is 8.00. The molecular formula is C16H14F6N4O2. The third-order valence-electron chi connectivity index (χ3n) is 3.44. The van der Waals surface area contributed by atoms with Gasteiger partial charge in [-0.15, -0.1) is 10.2 Å². The van der Waals surface area contributed by atoms with Crippen LogP contribution in [0.5, 0.6) is 0 Å². The quantitative estimate of drug-likeness (QED) is 0.298. The van der Waals surface area contributed by atoms with Crippen LogP contribution in [0.4, 0.5) is 26.3 Å². The van der Waals surface area contributed by atoms with Gasteiger partial charge in [-0.25, -0.2) is 9.38 Å². The smallest absolute Gasteiger partial charge is 0.422 e. The Morgan fingerprint density at radius 1 is 1.25 bits per heavy atom. The van der Waals surface area contributed by atoms with Crippen LogP contribution in [0.1, 0.15) is 18.3 Å². The normalized spacial score (nSPS) is 14.2. The number of nitrogens with zero attached hydrogens (tertiary/aromatic N) is 4. The maximum atomic E-state index is 14.2. The predicted octanol–water partition coefficient (Wildman–Crippen LogP) is 4.25. The van der Waals surface area contributed by atoms with Crippen molar-refractivity contribution in [3.63, 3.8) is 0 Å². The van der Waals surface area contributed by atoms with E-state index in [-0.39, 0.29) is 16.8 Å². The molecule has 0 amide bonds. The molecule has 28 heavy (non-hydrogen) atoms. The second-order valence-corrected chi connectivity index (χ2v) is 5.43. The number of pyridine rings is 1. The van der Waals surface area contributed by atoms with Gasteiger partial charge in [0.05, 0.1) is 0 Å². The van der Waals surface area contributed by atoms with E-state index in [9.17, 15) is 26.3 Å². The SMILES string of the molecule is C=N/C(OCC(F)(F)F)=C(F)\C=C(/C)c1ccc2nnc(C(F)(F)OC)n2c1. The fourth-order valence-corrected chi connectivity index (χ4v) is 2.09. The van der Waals surface area contributed by atoms with Crippen molar-refractivity contribution in [2.45, 2.75) is 19.2 Å². The summed E-state index contributed by atoms with van der Waals surface area (Å²) < 4.78 is 87.6. The Bertz CT molecular complexity index is 933. The lowest BCUT2D eigenvalue weighted by Crippen LogP contribution is -2.19. The average Bonchev–Trinajstić information content (AvgIpc) is 3.05. The molecular weight excluding hydrogens is 394 g/mol. The third kappa shape index (κ3) is 4.88. The lowest BCUT2D eigenvalue weighted by molar-refractivity contribution is -0.237. The topological polar surface area (TPSA) is 61.0 Å². The van der Waals surface area contributed by atoms with Crippen LogP contribution in [0, 0.1) is 0 Å². The molecule has 0 saturated heterocycles. The highest BCUT2D eigenvalue weighted by molar-refractivity contribution is 5.66. The molecule has 12 heteroatoms. The monoisotopic (exact) mass is 408 g/mol. The minimum absolute atomic E-state index is 0.0845. The first-order chi connectivity index (χ1) is 13.0. The highest BCUT2D eigenvalue weighted by atomic mass is 19.4. The van der Waals surface area contributed by atoms with Gasteiger partial charge >= 0.3 is 12.3 Å². The van der Waals surface area contributed by atoms with Crippen molar-refractivity contribution >= 4 is 17.9 Å². The van der Waals surface area contributed by atoms with Crippen LogP contribution in [-0.4, -0.2) is 41.2 Å². The van der Waals surface area contributed by atoms with E-state index in [4.69, 9.17) is 0 Å². The summed E-state index contributed by atoms with van der Waals surface area (Å²) >= 11 is 0. The van der Waals surface area contributed by atoms with Gasteiger partial charge in [-0.05, 0) is 43.0 Å². The summed E-state index contributed by atoms with van der Waals surface area (Å²) in [4.78, 5) is 3.08. The van der Waals surface area contributed by atoms with E-state index in [1.165, 1.54) is 25.3 Å². The van der Waals surface area contributed by atoms with E-state index >= 15 is 0 Å². The Kier molecular flexibility index (Phi) is 6.12. The van der Waals surface area contributed by atoms with Crippen molar-refractivity contribution < 1.29 is 35.8 Å². The van der Waals surface area contributed by atoms with Crippen LogP contribution < -0.4 is 0 Å². The number of aliphatic imine (C=N–C) groups is 1. The molecule has 0 N–H and O–H groups in total. The van der Waals surface area contributed by atoms with Crippen LogP contribution in [-0.2, 0) is 15.6 Å². The number of hydrogen-bond acceptors (Lipinski definition) is 5. The van der Waals surface area contributed by atoms with Crippen LogP contribution in [0.25, 0.3) is 11.2 Å². The number of aromatic nitrogens is 3. The van der Waals surface area contributed by atoms with Gasteiger partial charge < -0.3 is 9.47 Å². The molecule has 0 saturated carbocycles. The molecule has 2 aromatic heterocycles. The average molecular weight is 408 g/mol. The molecule has 0 bridgehead atoms. The van der Waals surface area contributed by atoms with Crippen LogP contribution in [0.3, 0.4) is 0 Å². The molecule has 0 unspecified atom stereocenters. The summed E-state index contributed by atoms with van der Waals surface area (Å²) in [5, 5.41) is 6.96. The van der Waals surface area contributed by atoms with Crippen molar-refractivity contribution in [3.8, 4) is 0 Å². The van der Waals surface area contributed by atoms with E-state index in [1.807, 2.05) is 0 Å². The van der Waals surface area contributed by atoms with Crippen molar-refractivity contribution in [1.29, 1.82) is 0 Å². The zero-order valence-electron chi connectivity index (χ0n) is 14.6. The molecule has 2 heterocycles. The van der Waals surface area contributed by atoms with Gasteiger partial charge in [0.15, 0.2) is 18.1 Å². The molecule has 2 aromatic rings. The van der Waals surface area contributed by atoms with E-state index in [0.29, 0.717) is 0 Å². The zero-order valence-corrected chi connectivity index (χ0v) is 14.6. The fraction of sp³-hybridized carbons (Fsp3) is 0.312. The maximum Gasteiger partial charge on any atom is 0.422 e. The first-order valence-electron chi connectivity index (χ1n) is 7.51. The number of halogens is 6. The van der Waals surface area contributed by atoms with Gasteiger partial charge in [0, 0.05) is 13.3 Å². The number of fused-ring (bicyclic) bond motifs is 1. The van der Waals surface area contributed by atoms with E-state index in [0.717, 1.165) is 17.6 Å². The Hall–Kier alpha value is -2.89. The highest BCUT2D eigenvalue weighted by Gasteiger charge is 2.37. The number of rotatable bonds is 7. The van der Waals surface area contributed by atoms with Crippen molar-refractivity contribution in [3.05, 3.63) is 47.5 Å². The van der Waals surface area contributed by atoms with Gasteiger partial charge in [0.2, 0.25) is 11.7 Å². The van der Waals surface area contributed by atoms with E-state index in [2.05, 4.69) is 31.4 Å². The number of allylic oxidation sites excluding steroid dienone is 3. The summed E-state index contributed by atoms with van der Waals surface area (Å²) in [7, 11) is 0.793. The minimum Gasteiger partial charge on any atom is -0.466 e. The maximum absolute atomic E-state index is 14.2. The Morgan fingerprint density at radius 3 is 2.50 bits per heavy atom. The lowest BCUT2D eigenvalue weighted by atomic mass is 10.1. The van der Waals surface area contributed by atoms with Crippen LogP contribution in [0.15, 0.2) is 41.1 Å². The first-order valence-corrected chi connectivity index (χ1v) is 7.51. The largest absolute Gasteiger partial charge is 0.466 e. The lowest BCUT2D eigenvalue weighted by Gasteiger charge is -2.12. The van der Waals surface area contributed by atoms with Gasteiger partial charge in [0.25, 0.3) is 0 Å². The van der Waals surface area contributed by atoms with Gasteiger partial charge in [-0.3, -0.25) is 4.40 Å². The molecule has 0 aliphatic heterocycles. The first kappa shape index (κ1) is 21.4. The summed E-state index contributed by atoms with van der Waals surface area (Å²) in [5.74, 6) is -2.96. The molecule has 0 fully saturated rings. The molecule has 0 aliphatic rings. The molecule has 0 aliphatic carbocycles. The van der Waals surface area contributed by atoms with Crippen molar-refractivity contribution in [1.82, 2.24) is 14.6 Å². The molecule has 152 valence electrons. The van der Waals surface area contributed by atoms with Gasteiger partial charge in [-0.2, -0.15) is 22.0 Å². The zero-order chi connectivity index (χ0) is 21.1. The van der Waals surface area contributed by atoms with Gasteiger partial charge in [-0.1, -0.05) is 0 Å². The molecule has 0 aromatic carbocycles. The van der Waals surface area contributed by atoms with Gasteiger partial charge in [0.1, 0.15) is 0 Å². The molecule has 2 rings (SSSR count). The van der Waals surface area contributed by atoms with Crippen LogP contribution >= 0.6 is 0 Å². The number of hydrogen-bond donors (Lipinski definition) is 0. The Morgan fingerprint density at radius 2 is 1.93 bits per heavy atom. The van der Waals surface area contributed by atoms with Crippen molar-refractivity contribution in [2.75, 3.05) is 13.7 Å². The Labute approximate surface area is 154 Å². The molecule has 0 atom stereocenters. The number of methoxy groups -OCH3 is 1. The molecule has 0 radical (unpaired) electrons. The summed E-state index contributed by atoms with van der Waals surface area (Å²) in [6.45, 7) is 2.62. The standard InChI is InChI=1S/C16H14F6N4O2/c1-9(6-11(17)13(23-2)28-8-15(18,19)20)10-4-5-12-24-25-14(26(12)7-10)16(21,22)27-3/h4-7H,2,8H2,1,3H3/b9-6+,13-11-.